The smallest absolute Gasteiger partial charge is 0.184 e. The molecule has 1 saturated heterocycles. The van der Waals surface area contributed by atoms with Crippen molar-refractivity contribution in [1.82, 2.24) is 4.98 Å². The first-order chi connectivity index (χ1) is 9.35. The summed E-state index contributed by atoms with van der Waals surface area (Å²) in [4.78, 5) is 4.65. The second-order valence-electron chi connectivity index (χ2n) is 4.64. The molecule has 1 aromatic carbocycles. The van der Waals surface area contributed by atoms with E-state index in [1.165, 1.54) is 29.0 Å². The standard InChI is InChI=1S/C14H18N2OS2/c1-2-17-11-5-6-12-13(8-11)19-14(16-12)15-10-4-3-7-18-9-10/h5-6,8,10H,2-4,7,9H2,1H3,(H,15,16). The van der Waals surface area contributed by atoms with Crippen LogP contribution in [-0.2, 0) is 0 Å². The van der Waals surface area contributed by atoms with Crippen molar-refractivity contribution < 1.29 is 4.74 Å². The summed E-state index contributed by atoms with van der Waals surface area (Å²) in [5, 5.41) is 4.61. The Bertz CT molecular complexity index is 549. The number of hydrogen-bond acceptors (Lipinski definition) is 5. The van der Waals surface area contributed by atoms with Gasteiger partial charge in [-0.15, -0.1) is 0 Å². The van der Waals surface area contributed by atoms with Gasteiger partial charge in [0.25, 0.3) is 0 Å². The lowest BCUT2D eigenvalue weighted by Crippen LogP contribution is -2.25. The molecule has 2 heterocycles. The maximum atomic E-state index is 5.53. The van der Waals surface area contributed by atoms with Crippen molar-refractivity contribution in [3.8, 4) is 5.75 Å². The Labute approximate surface area is 121 Å². The number of anilines is 1. The van der Waals surface area contributed by atoms with Gasteiger partial charge in [0.15, 0.2) is 5.13 Å². The van der Waals surface area contributed by atoms with Crippen molar-refractivity contribution in [3.63, 3.8) is 0 Å². The summed E-state index contributed by atoms with van der Waals surface area (Å²) >= 11 is 3.75. The minimum atomic E-state index is 0.575. The molecule has 19 heavy (non-hydrogen) atoms. The molecule has 3 rings (SSSR count). The molecule has 5 heteroatoms. The molecule has 0 spiro atoms. The minimum absolute atomic E-state index is 0.575. The molecule has 0 aliphatic carbocycles. The molecule has 0 radical (unpaired) electrons. The lowest BCUT2D eigenvalue weighted by molar-refractivity contribution is 0.341. The van der Waals surface area contributed by atoms with Crippen LogP contribution in [-0.4, -0.2) is 29.1 Å². The van der Waals surface area contributed by atoms with Gasteiger partial charge >= 0.3 is 0 Å². The average molecular weight is 294 g/mol. The van der Waals surface area contributed by atoms with E-state index in [0.29, 0.717) is 12.6 Å². The van der Waals surface area contributed by atoms with Crippen molar-refractivity contribution in [2.24, 2.45) is 0 Å². The van der Waals surface area contributed by atoms with E-state index in [2.05, 4.69) is 16.4 Å². The molecule has 0 saturated carbocycles. The fourth-order valence-corrected chi connectivity index (χ4v) is 4.30. The van der Waals surface area contributed by atoms with Gasteiger partial charge in [-0.2, -0.15) is 11.8 Å². The highest BCUT2D eigenvalue weighted by atomic mass is 32.2. The fourth-order valence-electron chi connectivity index (χ4n) is 2.25. The maximum absolute atomic E-state index is 5.53. The van der Waals surface area contributed by atoms with Crippen LogP contribution >= 0.6 is 23.1 Å². The fraction of sp³-hybridized carbons (Fsp3) is 0.500. The molecule has 3 nitrogen and oxygen atoms in total. The lowest BCUT2D eigenvalue weighted by atomic mass is 10.2. The summed E-state index contributed by atoms with van der Waals surface area (Å²) in [5.41, 5.74) is 1.06. The van der Waals surface area contributed by atoms with Gasteiger partial charge in [0.2, 0.25) is 0 Å². The number of nitrogens with zero attached hydrogens (tertiary/aromatic N) is 1. The summed E-state index contributed by atoms with van der Waals surface area (Å²) < 4.78 is 6.72. The summed E-state index contributed by atoms with van der Waals surface area (Å²) in [6.45, 7) is 2.71. The maximum Gasteiger partial charge on any atom is 0.184 e. The van der Waals surface area contributed by atoms with Crippen LogP contribution in [0.1, 0.15) is 19.8 Å². The summed E-state index contributed by atoms with van der Waals surface area (Å²) in [5.74, 6) is 3.42. The van der Waals surface area contributed by atoms with E-state index in [1.807, 2.05) is 30.8 Å². The van der Waals surface area contributed by atoms with E-state index < -0.39 is 0 Å². The number of aromatic nitrogens is 1. The van der Waals surface area contributed by atoms with Crippen LogP contribution in [0, 0.1) is 0 Å². The number of fused-ring (bicyclic) bond motifs is 1. The van der Waals surface area contributed by atoms with Gasteiger partial charge in [-0.05, 0) is 43.7 Å². The highest BCUT2D eigenvalue weighted by molar-refractivity contribution is 7.99. The Morgan fingerprint density at radius 2 is 2.42 bits per heavy atom. The van der Waals surface area contributed by atoms with Gasteiger partial charge in [-0.1, -0.05) is 11.3 Å². The number of thiazole rings is 1. The van der Waals surface area contributed by atoms with Crippen molar-refractivity contribution in [2.45, 2.75) is 25.8 Å². The summed E-state index contributed by atoms with van der Waals surface area (Å²) in [6.07, 6.45) is 2.56. The van der Waals surface area contributed by atoms with Crippen molar-refractivity contribution in [3.05, 3.63) is 18.2 Å². The topological polar surface area (TPSA) is 34.1 Å². The molecule has 102 valence electrons. The number of thioether (sulfide) groups is 1. The number of ether oxygens (including phenoxy) is 1. The Morgan fingerprint density at radius 3 is 3.21 bits per heavy atom. The number of rotatable bonds is 4. The molecule has 1 aliphatic heterocycles. The molecule has 2 aromatic rings. The number of nitrogens with one attached hydrogen (secondary N) is 1. The Kier molecular flexibility index (Phi) is 4.13. The van der Waals surface area contributed by atoms with E-state index in [9.17, 15) is 0 Å². The van der Waals surface area contributed by atoms with Crippen molar-refractivity contribution in [1.29, 1.82) is 0 Å². The van der Waals surface area contributed by atoms with Gasteiger partial charge in [0.05, 0.1) is 16.8 Å². The molecule has 0 bridgehead atoms. The highest BCUT2D eigenvalue weighted by Crippen LogP contribution is 2.30. The van der Waals surface area contributed by atoms with E-state index in [-0.39, 0.29) is 0 Å². The molecule has 1 aliphatic rings. The monoisotopic (exact) mass is 294 g/mol. The first-order valence-corrected chi connectivity index (χ1v) is 8.70. The van der Waals surface area contributed by atoms with Gasteiger partial charge in [-0.25, -0.2) is 4.98 Å². The first kappa shape index (κ1) is 13.1. The second-order valence-corrected chi connectivity index (χ2v) is 6.82. The molecule has 1 fully saturated rings. The zero-order valence-corrected chi connectivity index (χ0v) is 12.6. The van der Waals surface area contributed by atoms with E-state index in [1.54, 1.807) is 11.3 Å². The normalized spacial score (nSPS) is 19.5. The Balaban J connectivity index is 1.76. The SMILES string of the molecule is CCOc1ccc2nc(NC3CCCSC3)sc2c1. The van der Waals surface area contributed by atoms with Gasteiger partial charge in [-0.3, -0.25) is 0 Å². The van der Waals surface area contributed by atoms with Crippen molar-refractivity contribution >= 4 is 38.4 Å². The predicted octanol–water partition coefficient (Wildman–Crippen LogP) is 4.00. The summed E-state index contributed by atoms with van der Waals surface area (Å²) in [7, 11) is 0. The third-order valence-corrected chi connectivity index (χ3v) is 5.32. The Morgan fingerprint density at radius 1 is 1.47 bits per heavy atom. The van der Waals surface area contributed by atoms with E-state index in [4.69, 9.17) is 4.74 Å². The zero-order chi connectivity index (χ0) is 13.1. The van der Waals surface area contributed by atoms with Gasteiger partial charge in [0, 0.05) is 11.8 Å². The molecule has 1 atom stereocenters. The molecule has 1 aromatic heterocycles. The molecule has 0 amide bonds. The van der Waals surface area contributed by atoms with Crippen molar-refractivity contribution in [2.75, 3.05) is 23.4 Å². The molecule has 1 unspecified atom stereocenters. The van der Waals surface area contributed by atoms with Crippen LogP contribution in [0.15, 0.2) is 18.2 Å². The van der Waals surface area contributed by atoms with Crippen LogP contribution < -0.4 is 10.1 Å². The largest absolute Gasteiger partial charge is 0.494 e. The quantitative estimate of drug-likeness (QED) is 0.924. The van der Waals surface area contributed by atoms with E-state index in [0.717, 1.165) is 16.4 Å². The molecular weight excluding hydrogens is 276 g/mol. The second kappa shape index (κ2) is 6.01. The number of benzene rings is 1. The molecular formula is C14H18N2OS2. The average Bonchev–Trinajstić information content (AvgIpc) is 2.82. The first-order valence-electron chi connectivity index (χ1n) is 6.73. The van der Waals surface area contributed by atoms with Gasteiger partial charge < -0.3 is 10.1 Å². The third kappa shape index (κ3) is 3.15. The van der Waals surface area contributed by atoms with Crippen LogP contribution in [0.25, 0.3) is 10.2 Å². The zero-order valence-electron chi connectivity index (χ0n) is 11.0. The highest BCUT2D eigenvalue weighted by Gasteiger charge is 2.15. The van der Waals surface area contributed by atoms with Crippen LogP contribution in [0.5, 0.6) is 5.75 Å². The summed E-state index contributed by atoms with van der Waals surface area (Å²) in [6, 6.07) is 6.69. The predicted molar refractivity (Wildman–Crippen MR) is 84.8 cm³/mol. The molecule has 1 N–H and O–H groups in total. The third-order valence-electron chi connectivity index (χ3n) is 3.16. The van der Waals surface area contributed by atoms with Crippen LogP contribution in [0.4, 0.5) is 5.13 Å². The Hall–Kier alpha value is -0.940. The lowest BCUT2D eigenvalue weighted by Gasteiger charge is -2.21. The number of hydrogen-bond donors (Lipinski definition) is 1. The van der Waals surface area contributed by atoms with Gasteiger partial charge in [0.1, 0.15) is 5.75 Å². The van der Waals surface area contributed by atoms with E-state index >= 15 is 0 Å². The van der Waals surface area contributed by atoms with Crippen LogP contribution in [0.2, 0.25) is 0 Å². The van der Waals surface area contributed by atoms with Crippen LogP contribution in [0.3, 0.4) is 0 Å². The minimum Gasteiger partial charge on any atom is -0.494 e.